The third-order valence-electron chi connectivity index (χ3n) is 4.27. The van der Waals surface area contributed by atoms with Gasteiger partial charge in [-0.2, -0.15) is 0 Å². The van der Waals surface area contributed by atoms with E-state index in [1.54, 1.807) is 43.5 Å². The zero-order valence-electron chi connectivity index (χ0n) is 16.2. The quantitative estimate of drug-likeness (QED) is 0.493. The van der Waals surface area contributed by atoms with Crippen LogP contribution in [0.1, 0.15) is 0 Å². The zero-order chi connectivity index (χ0) is 20.8. The number of methoxy groups -OCH3 is 1. The van der Waals surface area contributed by atoms with Gasteiger partial charge in [0, 0.05) is 16.8 Å². The lowest BCUT2D eigenvalue weighted by atomic mass is 10.2. The van der Waals surface area contributed by atoms with E-state index >= 15 is 0 Å². The van der Waals surface area contributed by atoms with Crippen LogP contribution in [0, 0.1) is 0 Å². The van der Waals surface area contributed by atoms with Crippen LogP contribution < -0.4 is 14.8 Å². The second kappa shape index (κ2) is 8.91. The molecule has 0 aliphatic carbocycles. The van der Waals surface area contributed by atoms with Crippen molar-refractivity contribution in [2.24, 2.45) is 0 Å². The number of rotatable bonds is 7. The molecule has 7 nitrogen and oxygen atoms in total. The van der Waals surface area contributed by atoms with Crippen LogP contribution in [0.15, 0.2) is 83.3 Å². The zero-order valence-corrected chi connectivity index (χ0v) is 16.2. The van der Waals surface area contributed by atoms with Crippen LogP contribution in [-0.4, -0.2) is 29.8 Å². The molecule has 4 rings (SSSR count). The van der Waals surface area contributed by atoms with Crippen molar-refractivity contribution in [3.05, 3.63) is 78.9 Å². The minimum absolute atomic E-state index is 0.116. The minimum Gasteiger partial charge on any atom is -0.497 e. The normalized spacial score (nSPS) is 10.4. The smallest absolute Gasteiger partial charge is 0.262 e. The molecule has 0 radical (unpaired) electrons. The van der Waals surface area contributed by atoms with E-state index in [1.807, 2.05) is 42.5 Å². The molecule has 30 heavy (non-hydrogen) atoms. The lowest BCUT2D eigenvalue weighted by Crippen LogP contribution is -2.20. The van der Waals surface area contributed by atoms with Crippen molar-refractivity contribution in [2.45, 2.75) is 0 Å². The van der Waals surface area contributed by atoms with Crippen molar-refractivity contribution in [2.75, 3.05) is 19.0 Å². The van der Waals surface area contributed by atoms with Gasteiger partial charge in [-0.25, -0.2) is 0 Å². The highest BCUT2D eigenvalue weighted by atomic mass is 16.5. The van der Waals surface area contributed by atoms with Crippen LogP contribution in [0.25, 0.3) is 22.9 Å². The Morgan fingerprint density at radius 1 is 0.867 bits per heavy atom. The highest BCUT2D eigenvalue weighted by Crippen LogP contribution is 2.25. The summed E-state index contributed by atoms with van der Waals surface area (Å²) in [4.78, 5) is 12.2. The molecule has 4 aromatic rings. The number of nitrogens with one attached hydrogen (secondary N) is 1. The molecular formula is C23H19N3O4. The number of amides is 1. The molecule has 3 aromatic carbocycles. The third kappa shape index (κ3) is 4.64. The van der Waals surface area contributed by atoms with Gasteiger partial charge >= 0.3 is 0 Å². The van der Waals surface area contributed by atoms with Gasteiger partial charge < -0.3 is 19.2 Å². The number of carbonyl (C=O) groups excluding carboxylic acids is 1. The predicted molar refractivity (Wildman–Crippen MR) is 112 cm³/mol. The lowest BCUT2D eigenvalue weighted by Gasteiger charge is -2.08. The Labute approximate surface area is 173 Å². The van der Waals surface area contributed by atoms with E-state index in [1.165, 1.54) is 0 Å². The van der Waals surface area contributed by atoms with Gasteiger partial charge in [-0.05, 0) is 54.6 Å². The van der Waals surface area contributed by atoms with Gasteiger partial charge in [0.25, 0.3) is 5.91 Å². The van der Waals surface area contributed by atoms with Crippen molar-refractivity contribution < 1.29 is 18.7 Å². The number of nitrogens with zero attached hydrogens (tertiary/aromatic N) is 2. The van der Waals surface area contributed by atoms with Gasteiger partial charge in [-0.1, -0.05) is 24.3 Å². The number of hydrogen-bond donors (Lipinski definition) is 1. The van der Waals surface area contributed by atoms with Crippen LogP contribution in [0.2, 0.25) is 0 Å². The summed E-state index contributed by atoms with van der Waals surface area (Å²) >= 11 is 0. The molecule has 0 fully saturated rings. The van der Waals surface area contributed by atoms with Crippen LogP contribution in [-0.2, 0) is 4.79 Å². The van der Waals surface area contributed by atoms with Crippen molar-refractivity contribution >= 4 is 11.6 Å². The molecule has 0 unspecified atom stereocenters. The van der Waals surface area contributed by atoms with E-state index < -0.39 is 0 Å². The molecule has 0 bridgehead atoms. The molecule has 1 heterocycles. The molecule has 0 saturated carbocycles. The summed E-state index contributed by atoms with van der Waals surface area (Å²) in [7, 11) is 1.59. The molecule has 0 spiro atoms. The molecule has 150 valence electrons. The van der Waals surface area contributed by atoms with E-state index in [4.69, 9.17) is 13.9 Å². The fourth-order valence-corrected chi connectivity index (χ4v) is 2.79. The third-order valence-corrected chi connectivity index (χ3v) is 4.27. The van der Waals surface area contributed by atoms with E-state index in [0.717, 1.165) is 11.3 Å². The first-order valence-corrected chi connectivity index (χ1v) is 9.27. The van der Waals surface area contributed by atoms with Crippen molar-refractivity contribution in [1.29, 1.82) is 0 Å². The summed E-state index contributed by atoms with van der Waals surface area (Å²) in [6.07, 6.45) is 0. The van der Waals surface area contributed by atoms with Crippen molar-refractivity contribution in [1.82, 2.24) is 10.2 Å². The minimum atomic E-state index is -0.279. The average Bonchev–Trinajstić information content (AvgIpc) is 3.29. The van der Waals surface area contributed by atoms with Crippen molar-refractivity contribution in [3.63, 3.8) is 0 Å². The maximum Gasteiger partial charge on any atom is 0.262 e. The molecule has 1 N–H and O–H groups in total. The predicted octanol–water partition coefficient (Wildman–Crippen LogP) is 4.43. The molecule has 1 amide bonds. The lowest BCUT2D eigenvalue weighted by molar-refractivity contribution is -0.118. The van der Waals surface area contributed by atoms with Gasteiger partial charge in [0.05, 0.1) is 7.11 Å². The standard InChI is InChI=1S/C23H19N3O4/c1-28-19-10-12-20(13-11-19)29-15-21(27)24-18-9-5-8-17(14-18)23-26-25-22(30-23)16-6-3-2-4-7-16/h2-14H,15H2,1H3,(H,24,27). The summed E-state index contributed by atoms with van der Waals surface area (Å²) in [5.41, 5.74) is 2.16. The first-order valence-electron chi connectivity index (χ1n) is 9.27. The second-order valence-corrected chi connectivity index (χ2v) is 6.37. The summed E-state index contributed by atoms with van der Waals surface area (Å²) in [6.45, 7) is -0.116. The van der Waals surface area contributed by atoms with E-state index in [9.17, 15) is 4.79 Å². The molecule has 1 aromatic heterocycles. The average molecular weight is 401 g/mol. The maximum absolute atomic E-state index is 12.2. The Kier molecular flexibility index (Phi) is 5.70. The summed E-state index contributed by atoms with van der Waals surface area (Å²) in [5, 5.41) is 11.0. The summed E-state index contributed by atoms with van der Waals surface area (Å²) < 4.78 is 16.4. The summed E-state index contributed by atoms with van der Waals surface area (Å²) in [6, 6.07) is 23.8. The van der Waals surface area contributed by atoms with Gasteiger partial charge in [-0.3, -0.25) is 4.79 Å². The highest BCUT2D eigenvalue weighted by molar-refractivity contribution is 5.92. The number of benzene rings is 3. The highest BCUT2D eigenvalue weighted by Gasteiger charge is 2.11. The van der Waals surface area contributed by atoms with Gasteiger partial charge in [0.2, 0.25) is 11.8 Å². The SMILES string of the molecule is COc1ccc(OCC(=O)Nc2cccc(-c3nnc(-c4ccccc4)o3)c2)cc1. The number of anilines is 1. The monoisotopic (exact) mass is 401 g/mol. The number of ether oxygens (including phenoxy) is 2. The van der Waals surface area contributed by atoms with E-state index in [-0.39, 0.29) is 12.5 Å². The van der Waals surface area contributed by atoms with Crippen LogP contribution in [0.5, 0.6) is 11.5 Å². The first kappa shape index (κ1) is 19.2. The Bertz CT molecular complexity index is 1120. The van der Waals surface area contributed by atoms with Crippen LogP contribution >= 0.6 is 0 Å². The Morgan fingerprint density at radius 2 is 1.53 bits per heavy atom. The number of hydrogen-bond acceptors (Lipinski definition) is 6. The van der Waals surface area contributed by atoms with E-state index in [2.05, 4.69) is 15.5 Å². The van der Waals surface area contributed by atoms with Crippen LogP contribution in [0.4, 0.5) is 5.69 Å². The fraction of sp³-hybridized carbons (Fsp3) is 0.0870. The molecule has 0 saturated heterocycles. The molecule has 7 heteroatoms. The van der Waals surface area contributed by atoms with Gasteiger partial charge in [-0.15, -0.1) is 10.2 Å². The molecule has 0 aliphatic heterocycles. The Hall–Kier alpha value is -4.13. The largest absolute Gasteiger partial charge is 0.497 e. The summed E-state index contributed by atoms with van der Waals surface area (Å²) in [5.74, 6) is 1.84. The van der Waals surface area contributed by atoms with Gasteiger partial charge in [0.15, 0.2) is 6.61 Å². The maximum atomic E-state index is 12.2. The molecular weight excluding hydrogens is 382 g/mol. The fourth-order valence-electron chi connectivity index (χ4n) is 2.79. The van der Waals surface area contributed by atoms with Crippen LogP contribution in [0.3, 0.4) is 0 Å². The van der Waals surface area contributed by atoms with Gasteiger partial charge in [0.1, 0.15) is 11.5 Å². The Morgan fingerprint density at radius 3 is 2.27 bits per heavy atom. The topological polar surface area (TPSA) is 86.5 Å². The molecule has 0 atom stereocenters. The second-order valence-electron chi connectivity index (χ2n) is 6.37. The molecule has 0 aliphatic rings. The first-order chi connectivity index (χ1) is 14.7. The van der Waals surface area contributed by atoms with E-state index in [0.29, 0.717) is 28.8 Å². The number of aromatic nitrogens is 2. The van der Waals surface area contributed by atoms with Crippen molar-refractivity contribution in [3.8, 4) is 34.4 Å². The number of carbonyl (C=O) groups is 1. The Balaban J connectivity index is 1.39.